The van der Waals surface area contributed by atoms with Crippen molar-refractivity contribution < 1.29 is 0 Å². The number of aromatic nitrogens is 3. The molecule has 0 bridgehead atoms. The van der Waals surface area contributed by atoms with Crippen molar-refractivity contribution >= 4 is 11.6 Å². The van der Waals surface area contributed by atoms with Gasteiger partial charge in [0.25, 0.3) is 0 Å². The summed E-state index contributed by atoms with van der Waals surface area (Å²) in [7, 11) is 0. The summed E-state index contributed by atoms with van der Waals surface area (Å²) >= 11 is 0. The molecule has 7 rings (SSSR count). The van der Waals surface area contributed by atoms with Crippen molar-refractivity contribution in [2.45, 2.75) is 0 Å². The molecule has 0 spiro atoms. The van der Waals surface area contributed by atoms with Crippen molar-refractivity contribution in [2.24, 2.45) is 0 Å². The third kappa shape index (κ3) is 5.59. The molecule has 0 N–H and O–H groups in total. The Labute approximate surface area is 257 Å². The van der Waals surface area contributed by atoms with E-state index >= 15 is 0 Å². The van der Waals surface area contributed by atoms with Crippen molar-refractivity contribution in [1.82, 2.24) is 15.0 Å². The Kier molecular flexibility index (Phi) is 7.66. The molecule has 0 saturated carbocycles. The number of nitrogens with zero attached hydrogens (tertiary/aromatic N) is 3. The third-order valence-electron chi connectivity index (χ3n) is 7.72. The molecule has 3 heterocycles. The summed E-state index contributed by atoms with van der Waals surface area (Å²) in [6.45, 7) is 0. The zero-order valence-corrected chi connectivity index (χ0v) is 24.1. The zero-order valence-electron chi connectivity index (χ0n) is 24.1. The summed E-state index contributed by atoms with van der Waals surface area (Å²) in [5.41, 5.74) is 12.6. The maximum absolute atomic E-state index is 4.88. The van der Waals surface area contributed by atoms with Crippen LogP contribution in [0.5, 0.6) is 0 Å². The van der Waals surface area contributed by atoms with Gasteiger partial charge in [0.05, 0.1) is 17.1 Å². The van der Waals surface area contributed by atoms with E-state index in [9.17, 15) is 0 Å². The summed E-state index contributed by atoms with van der Waals surface area (Å²) in [5.74, 6) is 0. The van der Waals surface area contributed by atoms with Crippen molar-refractivity contribution in [1.29, 1.82) is 0 Å². The molecule has 3 nitrogen and oxygen atoms in total. The maximum atomic E-state index is 4.88. The van der Waals surface area contributed by atoms with Crippen LogP contribution in [0, 0.1) is 0 Å². The minimum atomic E-state index is 0.918. The van der Waals surface area contributed by atoms with E-state index in [2.05, 4.69) is 132 Å². The van der Waals surface area contributed by atoms with Crippen LogP contribution in [-0.2, 0) is 0 Å². The molecule has 3 heteroatoms. The molecule has 44 heavy (non-hydrogen) atoms. The van der Waals surface area contributed by atoms with E-state index in [1.165, 1.54) is 0 Å². The maximum Gasteiger partial charge on any atom is 0.0714 e. The molecule has 7 aromatic rings. The standard InChI is InChI=1S/C41H29N3/c1-2-14-30(15-3-1)31-24-27-44-41(29-31)37-21-9-7-19-35(37)38(34-18-6-8-20-36(34)40-23-11-13-26-43-40)28-32-16-4-5-17-33(32)39-22-10-12-25-42-39/h1-29H/b38-28+. The minimum Gasteiger partial charge on any atom is -0.256 e. The number of hydrogen-bond acceptors (Lipinski definition) is 3. The molecule has 0 aliphatic carbocycles. The van der Waals surface area contributed by atoms with Gasteiger partial charge in [-0.2, -0.15) is 0 Å². The highest BCUT2D eigenvalue weighted by atomic mass is 14.7. The Hall–Kier alpha value is -5.93. The average molecular weight is 564 g/mol. The van der Waals surface area contributed by atoms with Gasteiger partial charge in [0.15, 0.2) is 0 Å². The van der Waals surface area contributed by atoms with Gasteiger partial charge in [-0.15, -0.1) is 0 Å². The van der Waals surface area contributed by atoms with Crippen LogP contribution in [0.1, 0.15) is 16.7 Å². The van der Waals surface area contributed by atoms with Crippen LogP contribution in [-0.4, -0.2) is 15.0 Å². The molecule has 0 radical (unpaired) electrons. The van der Waals surface area contributed by atoms with Gasteiger partial charge in [-0.3, -0.25) is 15.0 Å². The van der Waals surface area contributed by atoms with Crippen molar-refractivity contribution in [3.8, 4) is 44.9 Å². The van der Waals surface area contributed by atoms with E-state index in [0.717, 1.165) is 67.2 Å². The lowest BCUT2D eigenvalue weighted by Gasteiger charge is -2.18. The van der Waals surface area contributed by atoms with Crippen LogP contribution in [0.2, 0.25) is 0 Å². The van der Waals surface area contributed by atoms with Crippen molar-refractivity contribution in [3.63, 3.8) is 0 Å². The molecule has 0 atom stereocenters. The fourth-order valence-corrected chi connectivity index (χ4v) is 5.63. The molecule has 0 aliphatic heterocycles. The fraction of sp³-hybridized carbons (Fsp3) is 0. The van der Waals surface area contributed by atoms with Gasteiger partial charge in [-0.1, -0.05) is 115 Å². The Bertz CT molecular complexity index is 2050. The lowest BCUT2D eigenvalue weighted by Crippen LogP contribution is -1.98. The monoisotopic (exact) mass is 563 g/mol. The normalized spacial score (nSPS) is 11.3. The molecule has 0 unspecified atom stereocenters. The Morgan fingerprint density at radius 1 is 0.386 bits per heavy atom. The molecule has 0 aliphatic rings. The first-order valence-electron chi connectivity index (χ1n) is 14.7. The van der Waals surface area contributed by atoms with Gasteiger partial charge in [0, 0.05) is 35.3 Å². The van der Waals surface area contributed by atoms with Crippen LogP contribution in [0.4, 0.5) is 0 Å². The van der Waals surface area contributed by atoms with Gasteiger partial charge in [0.2, 0.25) is 0 Å². The van der Waals surface area contributed by atoms with Gasteiger partial charge < -0.3 is 0 Å². The smallest absolute Gasteiger partial charge is 0.0714 e. The highest BCUT2D eigenvalue weighted by Gasteiger charge is 2.18. The largest absolute Gasteiger partial charge is 0.256 e. The zero-order chi connectivity index (χ0) is 29.6. The highest BCUT2D eigenvalue weighted by molar-refractivity contribution is 6.01. The molecule has 0 fully saturated rings. The number of rotatable bonds is 7. The lowest BCUT2D eigenvalue weighted by molar-refractivity contribution is 1.31. The van der Waals surface area contributed by atoms with E-state index in [1.807, 2.05) is 48.9 Å². The number of benzene rings is 4. The van der Waals surface area contributed by atoms with Crippen LogP contribution < -0.4 is 0 Å². The first-order chi connectivity index (χ1) is 21.8. The van der Waals surface area contributed by atoms with Crippen molar-refractivity contribution in [2.75, 3.05) is 0 Å². The van der Waals surface area contributed by atoms with Crippen LogP contribution >= 0.6 is 0 Å². The minimum absolute atomic E-state index is 0.918. The molecule has 3 aromatic heterocycles. The summed E-state index contributed by atoms with van der Waals surface area (Å²) in [6, 6.07) is 52.2. The topological polar surface area (TPSA) is 38.7 Å². The van der Waals surface area contributed by atoms with Crippen LogP contribution in [0.3, 0.4) is 0 Å². The SMILES string of the molecule is C(=C(/c1ccccc1-c1ccccn1)c1ccccc1-c1cc(-c2ccccc2)ccn1)/c1ccccc1-c1ccccn1. The summed E-state index contributed by atoms with van der Waals surface area (Å²) in [6.07, 6.45) is 7.87. The van der Waals surface area contributed by atoms with E-state index in [-0.39, 0.29) is 0 Å². The molecule has 4 aromatic carbocycles. The third-order valence-corrected chi connectivity index (χ3v) is 7.72. The summed E-state index contributed by atoms with van der Waals surface area (Å²) in [5, 5.41) is 0. The Balaban J connectivity index is 1.47. The van der Waals surface area contributed by atoms with E-state index in [4.69, 9.17) is 9.97 Å². The van der Waals surface area contributed by atoms with Gasteiger partial charge >= 0.3 is 0 Å². The van der Waals surface area contributed by atoms with Crippen molar-refractivity contribution in [3.05, 3.63) is 187 Å². The summed E-state index contributed by atoms with van der Waals surface area (Å²) < 4.78 is 0. The van der Waals surface area contributed by atoms with E-state index in [0.29, 0.717) is 0 Å². The van der Waals surface area contributed by atoms with Gasteiger partial charge in [-0.25, -0.2) is 0 Å². The van der Waals surface area contributed by atoms with Crippen LogP contribution in [0.25, 0.3) is 56.5 Å². The molecule has 208 valence electrons. The molecular weight excluding hydrogens is 534 g/mol. The number of hydrogen-bond donors (Lipinski definition) is 0. The number of pyridine rings is 3. The van der Waals surface area contributed by atoms with Gasteiger partial charge in [0.1, 0.15) is 0 Å². The van der Waals surface area contributed by atoms with E-state index in [1.54, 1.807) is 0 Å². The molecular formula is C41H29N3. The predicted molar refractivity (Wildman–Crippen MR) is 181 cm³/mol. The van der Waals surface area contributed by atoms with E-state index < -0.39 is 0 Å². The Morgan fingerprint density at radius 2 is 0.909 bits per heavy atom. The fourth-order valence-electron chi connectivity index (χ4n) is 5.63. The van der Waals surface area contributed by atoms with Crippen LogP contribution in [0.15, 0.2) is 170 Å². The summed E-state index contributed by atoms with van der Waals surface area (Å²) in [4.78, 5) is 14.3. The Morgan fingerprint density at radius 3 is 1.57 bits per heavy atom. The second kappa shape index (κ2) is 12.5. The molecule has 0 saturated heterocycles. The highest BCUT2D eigenvalue weighted by Crippen LogP contribution is 2.39. The second-order valence-electron chi connectivity index (χ2n) is 10.5. The lowest BCUT2D eigenvalue weighted by atomic mass is 9.86. The molecule has 0 amide bonds. The predicted octanol–water partition coefficient (Wildman–Crippen LogP) is 10.1. The first kappa shape index (κ1) is 26.9. The second-order valence-corrected chi connectivity index (χ2v) is 10.5. The quantitative estimate of drug-likeness (QED) is 0.181. The average Bonchev–Trinajstić information content (AvgIpc) is 3.12. The first-order valence-corrected chi connectivity index (χ1v) is 14.7. The van der Waals surface area contributed by atoms with Gasteiger partial charge in [-0.05, 0) is 75.9 Å².